The molecule has 1 aliphatic heterocycles. The predicted molar refractivity (Wildman–Crippen MR) is 92.1 cm³/mol. The standard InChI is InChI=1S/C17H19FN4O2.ClH/c1-10-3-4-13(12(18)7-10)22-9-11(8-14(22)23)15-20-16(21-24-15)17(19)5-2-6-17;/h3-4,7,11H,2,5-6,8-9,19H2,1H3;1H. The molecule has 2 aliphatic rings. The van der Waals surface area contributed by atoms with E-state index in [1.807, 2.05) is 6.92 Å². The van der Waals surface area contributed by atoms with Gasteiger partial charge < -0.3 is 15.2 Å². The highest BCUT2D eigenvalue weighted by molar-refractivity contribution is 5.96. The lowest BCUT2D eigenvalue weighted by molar-refractivity contribution is -0.117. The molecule has 0 radical (unpaired) electrons. The van der Waals surface area contributed by atoms with Crippen molar-refractivity contribution in [3.8, 4) is 0 Å². The Balaban J connectivity index is 0.00000182. The van der Waals surface area contributed by atoms with Crippen LogP contribution >= 0.6 is 12.4 Å². The summed E-state index contributed by atoms with van der Waals surface area (Å²) < 4.78 is 19.5. The minimum Gasteiger partial charge on any atom is -0.339 e. The minimum absolute atomic E-state index is 0. The Hall–Kier alpha value is -1.99. The van der Waals surface area contributed by atoms with Crippen molar-refractivity contribution in [1.29, 1.82) is 0 Å². The first-order chi connectivity index (χ1) is 11.5. The monoisotopic (exact) mass is 366 g/mol. The summed E-state index contributed by atoms with van der Waals surface area (Å²) in [5.41, 5.74) is 6.82. The summed E-state index contributed by atoms with van der Waals surface area (Å²) in [6.07, 6.45) is 2.97. The number of carbonyl (C=O) groups is 1. The molecule has 1 aromatic heterocycles. The van der Waals surface area contributed by atoms with Crippen LogP contribution in [0, 0.1) is 12.7 Å². The van der Waals surface area contributed by atoms with Crippen LogP contribution in [-0.2, 0) is 10.3 Å². The van der Waals surface area contributed by atoms with E-state index in [2.05, 4.69) is 10.1 Å². The van der Waals surface area contributed by atoms with Gasteiger partial charge in [0.1, 0.15) is 5.82 Å². The van der Waals surface area contributed by atoms with E-state index in [4.69, 9.17) is 10.3 Å². The van der Waals surface area contributed by atoms with Crippen molar-refractivity contribution in [2.45, 2.75) is 44.1 Å². The van der Waals surface area contributed by atoms with E-state index in [0.717, 1.165) is 24.8 Å². The molecule has 4 rings (SSSR count). The molecule has 0 bridgehead atoms. The van der Waals surface area contributed by atoms with Crippen LogP contribution in [0.5, 0.6) is 0 Å². The number of aryl methyl sites for hydroxylation is 1. The number of benzene rings is 1. The number of nitrogens with zero attached hydrogens (tertiary/aromatic N) is 3. The van der Waals surface area contributed by atoms with Crippen molar-refractivity contribution in [1.82, 2.24) is 10.1 Å². The summed E-state index contributed by atoms with van der Waals surface area (Å²) in [5, 5.41) is 3.99. The van der Waals surface area contributed by atoms with E-state index in [9.17, 15) is 9.18 Å². The number of hydrogen-bond donors (Lipinski definition) is 1. The van der Waals surface area contributed by atoms with E-state index < -0.39 is 11.4 Å². The second-order valence-electron chi connectivity index (χ2n) is 6.83. The summed E-state index contributed by atoms with van der Waals surface area (Å²) in [6, 6.07) is 4.85. The Labute approximate surface area is 151 Å². The second kappa shape index (κ2) is 6.38. The van der Waals surface area contributed by atoms with E-state index >= 15 is 0 Å². The summed E-state index contributed by atoms with van der Waals surface area (Å²) in [5.74, 6) is 0.142. The first-order valence-electron chi connectivity index (χ1n) is 8.16. The van der Waals surface area contributed by atoms with Crippen LogP contribution in [0.2, 0.25) is 0 Å². The molecule has 1 aromatic carbocycles. The molecular weight excluding hydrogens is 347 g/mol. The molecule has 1 saturated carbocycles. The third kappa shape index (κ3) is 3.02. The molecule has 1 amide bonds. The topological polar surface area (TPSA) is 85.2 Å². The molecule has 0 spiro atoms. The molecular formula is C17H20ClFN4O2. The number of hydrogen-bond acceptors (Lipinski definition) is 5. The average Bonchev–Trinajstić information content (AvgIpc) is 3.12. The second-order valence-corrected chi connectivity index (χ2v) is 6.83. The van der Waals surface area contributed by atoms with Gasteiger partial charge in [0, 0.05) is 13.0 Å². The van der Waals surface area contributed by atoms with Crippen molar-refractivity contribution in [2.75, 3.05) is 11.4 Å². The van der Waals surface area contributed by atoms with Gasteiger partial charge in [-0.15, -0.1) is 12.4 Å². The van der Waals surface area contributed by atoms with Crippen LogP contribution in [-0.4, -0.2) is 22.6 Å². The molecule has 2 fully saturated rings. The molecule has 1 atom stereocenters. The van der Waals surface area contributed by atoms with Gasteiger partial charge >= 0.3 is 0 Å². The van der Waals surface area contributed by atoms with Gasteiger partial charge in [0.25, 0.3) is 0 Å². The molecule has 2 heterocycles. The maximum Gasteiger partial charge on any atom is 0.232 e. The lowest BCUT2D eigenvalue weighted by Gasteiger charge is -2.34. The lowest BCUT2D eigenvalue weighted by atomic mass is 9.77. The summed E-state index contributed by atoms with van der Waals surface area (Å²) in [7, 11) is 0. The number of anilines is 1. The summed E-state index contributed by atoms with van der Waals surface area (Å²) >= 11 is 0. The number of aromatic nitrogens is 2. The highest BCUT2D eigenvalue weighted by atomic mass is 35.5. The van der Waals surface area contributed by atoms with Gasteiger partial charge in [0.2, 0.25) is 11.8 Å². The highest BCUT2D eigenvalue weighted by Crippen LogP contribution is 2.38. The van der Waals surface area contributed by atoms with E-state index in [1.165, 1.54) is 11.0 Å². The van der Waals surface area contributed by atoms with Crippen LogP contribution in [0.3, 0.4) is 0 Å². The zero-order valence-corrected chi connectivity index (χ0v) is 14.7. The first kappa shape index (κ1) is 17.8. The molecule has 8 heteroatoms. The smallest absolute Gasteiger partial charge is 0.232 e. The predicted octanol–water partition coefficient (Wildman–Crippen LogP) is 2.80. The van der Waals surface area contributed by atoms with Crippen molar-refractivity contribution in [3.05, 3.63) is 41.3 Å². The summed E-state index contributed by atoms with van der Waals surface area (Å²) in [6.45, 7) is 2.14. The minimum atomic E-state index is -0.493. The van der Waals surface area contributed by atoms with Crippen molar-refractivity contribution < 1.29 is 13.7 Å². The molecule has 134 valence electrons. The Morgan fingerprint density at radius 1 is 1.40 bits per heavy atom. The van der Waals surface area contributed by atoms with Crippen LogP contribution in [0.1, 0.15) is 48.9 Å². The van der Waals surface area contributed by atoms with Gasteiger partial charge in [0.05, 0.1) is 17.1 Å². The fraction of sp³-hybridized carbons (Fsp3) is 0.471. The van der Waals surface area contributed by atoms with Gasteiger partial charge in [-0.3, -0.25) is 4.79 Å². The zero-order chi connectivity index (χ0) is 16.9. The number of amides is 1. The van der Waals surface area contributed by atoms with E-state index in [-0.39, 0.29) is 30.7 Å². The Kier molecular flexibility index (Phi) is 4.55. The van der Waals surface area contributed by atoms with Crippen LogP contribution in [0.15, 0.2) is 22.7 Å². The number of rotatable bonds is 3. The maximum atomic E-state index is 14.2. The molecule has 1 saturated heterocycles. The van der Waals surface area contributed by atoms with Crippen molar-refractivity contribution in [3.63, 3.8) is 0 Å². The van der Waals surface area contributed by atoms with Gasteiger partial charge in [-0.2, -0.15) is 4.98 Å². The third-order valence-electron chi connectivity index (χ3n) is 5.00. The van der Waals surface area contributed by atoms with Crippen molar-refractivity contribution in [2.24, 2.45) is 5.73 Å². The average molecular weight is 367 g/mol. The first-order valence-corrected chi connectivity index (χ1v) is 8.16. The highest BCUT2D eigenvalue weighted by Gasteiger charge is 2.41. The fourth-order valence-corrected chi connectivity index (χ4v) is 3.32. The van der Waals surface area contributed by atoms with E-state index in [1.54, 1.807) is 12.1 Å². The van der Waals surface area contributed by atoms with Gasteiger partial charge in [-0.25, -0.2) is 4.39 Å². The Bertz CT molecular complexity index is 806. The van der Waals surface area contributed by atoms with Gasteiger partial charge in [-0.05, 0) is 43.9 Å². The van der Waals surface area contributed by atoms with Crippen LogP contribution in [0.25, 0.3) is 0 Å². The van der Waals surface area contributed by atoms with Crippen molar-refractivity contribution >= 4 is 24.0 Å². The van der Waals surface area contributed by atoms with Gasteiger partial charge in [-0.1, -0.05) is 11.2 Å². The molecule has 1 unspecified atom stereocenters. The molecule has 25 heavy (non-hydrogen) atoms. The quantitative estimate of drug-likeness (QED) is 0.902. The Morgan fingerprint density at radius 2 is 2.16 bits per heavy atom. The SMILES string of the molecule is Cc1ccc(N2CC(c3nc(C4(N)CCC4)no3)CC2=O)c(F)c1.Cl. The normalized spacial score (nSPS) is 21.8. The number of carbonyl (C=O) groups excluding carboxylic acids is 1. The molecule has 2 N–H and O–H groups in total. The van der Waals surface area contributed by atoms with Gasteiger partial charge in [0.15, 0.2) is 5.82 Å². The molecule has 1 aliphatic carbocycles. The van der Waals surface area contributed by atoms with Crippen LogP contribution < -0.4 is 10.6 Å². The maximum absolute atomic E-state index is 14.2. The largest absolute Gasteiger partial charge is 0.339 e. The molecule has 6 nitrogen and oxygen atoms in total. The number of nitrogens with two attached hydrogens (primary N) is 1. The van der Waals surface area contributed by atoms with E-state index in [0.29, 0.717) is 23.9 Å². The fourth-order valence-electron chi connectivity index (χ4n) is 3.32. The molecule has 2 aromatic rings. The zero-order valence-electron chi connectivity index (χ0n) is 13.9. The third-order valence-corrected chi connectivity index (χ3v) is 5.00. The summed E-state index contributed by atoms with van der Waals surface area (Å²) in [4.78, 5) is 18.2. The number of halogens is 2. The van der Waals surface area contributed by atoms with Crippen LogP contribution in [0.4, 0.5) is 10.1 Å². The Morgan fingerprint density at radius 3 is 2.80 bits per heavy atom. The lowest BCUT2D eigenvalue weighted by Crippen LogP contribution is -2.44.